The molecule has 3 heterocycles. The first-order chi connectivity index (χ1) is 12.7. The van der Waals surface area contributed by atoms with E-state index >= 15 is 0 Å². The van der Waals surface area contributed by atoms with Gasteiger partial charge >= 0.3 is 5.63 Å². The predicted octanol–water partition coefficient (Wildman–Crippen LogP) is 1.85. The van der Waals surface area contributed by atoms with Crippen molar-refractivity contribution in [3.63, 3.8) is 0 Å². The van der Waals surface area contributed by atoms with Crippen LogP contribution < -0.4 is 16.3 Å². The molecule has 1 N–H and O–H groups in total. The Kier molecular flexibility index (Phi) is 4.51. The van der Waals surface area contributed by atoms with E-state index in [-0.39, 0.29) is 35.3 Å². The Balaban J connectivity index is 2.10. The Morgan fingerprint density at radius 3 is 2.74 bits per heavy atom. The molecular weight excluding hydrogens is 344 g/mol. The maximum Gasteiger partial charge on any atom is 0.336 e. The maximum atomic E-state index is 12.3. The van der Waals surface area contributed by atoms with Gasteiger partial charge in [0.1, 0.15) is 16.8 Å². The molecule has 0 saturated carbocycles. The molecule has 0 spiro atoms. The first kappa shape index (κ1) is 18.8. The minimum absolute atomic E-state index is 0.0495. The molecule has 1 aromatic rings. The maximum absolute atomic E-state index is 12.3. The fourth-order valence-corrected chi connectivity index (χ4v) is 4.78. The van der Waals surface area contributed by atoms with Gasteiger partial charge in [-0.05, 0) is 45.6 Å². The summed E-state index contributed by atoms with van der Waals surface area (Å²) in [5, 5.41) is 11.9. The molecule has 3 aliphatic rings. The van der Waals surface area contributed by atoms with Crippen molar-refractivity contribution in [2.75, 3.05) is 0 Å². The topological polar surface area (TPSA) is 68.9 Å². The van der Waals surface area contributed by atoms with Gasteiger partial charge in [-0.1, -0.05) is 20.3 Å². The average Bonchev–Trinajstić information content (AvgIpc) is 2.58. The third kappa shape index (κ3) is 2.95. The molecule has 1 aromatic heterocycles. The molecule has 5 heteroatoms. The van der Waals surface area contributed by atoms with Gasteiger partial charge in [-0.15, -0.1) is 0 Å². The summed E-state index contributed by atoms with van der Waals surface area (Å²) in [5.41, 5.74) is 1.50. The van der Waals surface area contributed by atoms with E-state index in [1.54, 1.807) is 6.07 Å². The zero-order chi connectivity index (χ0) is 19.5. The first-order valence-corrected chi connectivity index (χ1v) is 10.2. The van der Waals surface area contributed by atoms with E-state index in [0.717, 1.165) is 47.8 Å². The molecule has 2 fully saturated rings. The third-order valence-electron chi connectivity index (χ3n) is 6.44. The lowest BCUT2D eigenvalue weighted by Gasteiger charge is -2.47. The number of aliphatic hydroxyl groups is 1. The van der Waals surface area contributed by atoms with Gasteiger partial charge in [0.15, 0.2) is 0 Å². The molecule has 4 rings (SSSR count). The number of ether oxygens (including phenoxy) is 2. The molecule has 0 radical (unpaired) electrons. The minimum atomic E-state index is -0.686. The fourth-order valence-electron chi connectivity index (χ4n) is 4.78. The molecule has 5 nitrogen and oxygen atoms in total. The van der Waals surface area contributed by atoms with Crippen LogP contribution in [0.1, 0.15) is 59.4 Å². The zero-order valence-corrected chi connectivity index (χ0v) is 16.9. The standard InChI is InChI=1S/C22H30O5/c1-6-7-13-10-15(23)26-21-16(13)20-14(8-9-22(4,5)27-20)19-17(21)18(24)11(2)12(3)25-19/h10-12,14,18-19,24H,6-9H2,1-5H3/t11-,12-,14?,18-,19?/m0/s1. The summed E-state index contributed by atoms with van der Waals surface area (Å²) in [7, 11) is 0. The number of fused-ring (bicyclic) bond motifs is 4. The van der Waals surface area contributed by atoms with Crippen LogP contribution in [0.2, 0.25) is 0 Å². The molecule has 0 aromatic carbocycles. The van der Waals surface area contributed by atoms with Gasteiger partial charge in [0.2, 0.25) is 0 Å². The SMILES string of the molecule is CCCc1cc(=O)oc2c1=C1OC(C)(C)CCC1C1O[C@@H](C)[C@H](C)[C@H](O)C=21. The van der Waals surface area contributed by atoms with Gasteiger partial charge in [-0.3, -0.25) is 0 Å². The Labute approximate surface area is 159 Å². The normalized spacial score (nSPS) is 34.4. The summed E-state index contributed by atoms with van der Waals surface area (Å²) in [5.74, 6) is 0.858. The van der Waals surface area contributed by atoms with Gasteiger partial charge in [-0.2, -0.15) is 0 Å². The Bertz CT molecular complexity index is 925. The van der Waals surface area contributed by atoms with E-state index in [4.69, 9.17) is 13.9 Å². The largest absolute Gasteiger partial charge is 0.491 e. The molecular formula is C22H30O5. The van der Waals surface area contributed by atoms with Crippen LogP contribution in [0.3, 0.4) is 0 Å². The van der Waals surface area contributed by atoms with Crippen LogP contribution in [-0.2, 0) is 15.9 Å². The van der Waals surface area contributed by atoms with Gasteiger partial charge in [-0.25, -0.2) is 4.79 Å². The summed E-state index contributed by atoms with van der Waals surface area (Å²) in [4.78, 5) is 12.3. The minimum Gasteiger partial charge on any atom is -0.491 e. The van der Waals surface area contributed by atoms with E-state index in [9.17, 15) is 9.90 Å². The second-order valence-electron chi connectivity index (χ2n) is 8.94. The quantitative estimate of drug-likeness (QED) is 0.856. The lowest BCUT2D eigenvalue weighted by Crippen LogP contribution is -2.57. The van der Waals surface area contributed by atoms with Crippen molar-refractivity contribution in [2.45, 2.75) is 84.2 Å². The van der Waals surface area contributed by atoms with Crippen molar-refractivity contribution < 1.29 is 19.0 Å². The number of hydrogen-bond acceptors (Lipinski definition) is 5. The number of aliphatic hydroxyl groups excluding tert-OH is 1. The van der Waals surface area contributed by atoms with Crippen molar-refractivity contribution >= 4 is 11.3 Å². The Morgan fingerprint density at radius 1 is 1.30 bits per heavy atom. The molecule has 0 bridgehead atoms. The van der Waals surface area contributed by atoms with E-state index in [1.165, 1.54) is 0 Å². The third-order valence-corrected chi connectivity index (χ3v) is 6.44. The van der Waals surface area contributed by atoms with Gasteiger partial charge in [0.25, 0.3) is 0 Å². The van der Waals surface area contributed by atoms with Crippen molar-refractivity contribution in [1.29, 1.82) is 0 Å². The molecule has 5 atom stereocenters. The van der Waals surface area contributed by atoms with Crippen molar-refractivity contribution in [1.82, 2.24) is 0 Å². The lowest BCUT2D eigenvalue weighted by molar-refractivity contribution is -0.0958. The van der Waals surface area contributed by atoms with E-state index in [2.05, 4.69) is 20.8 Å². The second kappa shape index (κ2) is 6.49. The monoisotopic (exact) mass is 374 g/mol. The average molecular weight is 374 g/mol. The number of aryl methyl sites for hydroxylation is 1. The molecule has 148 valence electrons. The smallest absolute Gasteiger partial charge is 0.336 e. The van der Waals surface area contributed by atoms with Crippen LogP contribution in [0.5, 0.6) is 0 Å². The number of rotatable bonds is 2. The number of hydrogen-bond donors (Lipinski definition) is 1. The van der Waals surface area contributed by atoms with Crippen LogP contribution in [0.4, 0.5) is 0 Å². The fraction of sp³-hybridized carbons (Fsp3) is 0.682. The summed E-state index contributed by atoms with van der Waals surface area (Å²) < 4.78 is 18.5. The highest BCUT2D eigenvalue weighted by molar-refractivity contribution is 5.64. The summed E-state index contributed by atoms with van der Waals surface area (Å²) in [6, 6.07) is 1.58. The van der Waals surface area contributed by atoms with E-state index in [0.29, 0.717) is 5.42 Å². The van der Waals surface area contributed by atoms with Crippen LogP contribution >= 0.6 is 0 Å². The van der Waals surface area contributed by atoms with E-state index < -0.39 is 6.10 Å². The summed E-state index contributed by atoms with van der Waals surface area (Å²) in [6.07, 6.45) is 2.48. The lowest BCUT2D eigenvalue weighted by atomic mass is 9.74. The molecule has 27 heavy (non-hydrogen) atoms. The highest BCUT2D eigenvalue weighted by Gasteiger charge is 2.48. The molecule has 1 aliphatic carbocycles. The van der Waals surface area contributed by atoms with Crippen molar-refractivity contribution in [3.05, 3.63) is 32.7 Å². The van der Waals surface area contributed by atoms with Gasteiger partial charge in [0.05, 0.1) is 23.5 Å². The highest BCUT2D eigenvalue weighted by Crippen LogP contribution is 2.44. The molecule has 2 saturated heterocycles. The highest BCUT2D eigenvalue weighted by atomic mass is 16.5. The summed E-state index contributed by atoms with van der Waals surface area (Å²) in [6.45, 7) is 10.3. The van der Waals surface area contributed by atoms with Crippen LogP contribution in [0.25, 0.3) is 11.3 Å². The van der Waals surface area contributed by atoms with Crippen molar-refractivity contribution in [3.8, 4) is 0 Å². The van der Waals surface area contributed by atoms with Gasteiger partial charge in [0, 0.05) is 23.5 Å². The van der Waals surface area contributed by atoms with Crippen LogP contribution in [-0.4, -0.2) is 29.0 Å². The Morgan fingerprint density at radius 2 is 2.04 bits per heavy atom. The van der Waals surface area contributed by atoms with Crippen LogP contribution in [0.15, 0.2) is 15.3 Å². The van der Waals surface area contributed by atoms with Crippen LogP contribution in [0, 0.1) is 11.8 Å². The van der Waals surface area contributed by atoms with Crippen molar-refractivity contribution in [2.24, 2.45) is 11.8 Å². The molecule has 2 unspecified atom stereocenters. The predicted molar refractivity (Wildman–Crippen MR) is 102 cm³/mol. The molecule has 2 aliphatic heterocycles. The first-order valence-electron chi connectivity index (χ1n) is 10.2. The van der Waals surface area contributed by atoms with Gasteiger partial charge < -0.3 is 19.0 Å². The summed E-state index contributed by atoms with van der Waals surface area (Å²) >= 11 is 0. The van der Waals surface area contributed by atoms with E-state index in [1.807, 2.05) is 13.8 Å². The zero-order valence-electron chi connectivity index (χ0n) is 16.9. The second-order valence-corrected chi connectivity index (χ2v) is 8.94. The molecule has 0 amide bonds. The Hall–Kier alpha value is -1.59.